The van der Waals surface area contributed by atoms with Crippen LogP contribution in [0.2, 0.25) is 0 Å². The van der Waals surface area contributed by atoms with Gasteiger partial charge in [-0.3, -0.25) is 0 Å². The summed E-state index contributed by atoms with van der Waals surface area (Å²) >= 11 is 0. The zero-order chi connectivity index (χ0) is 11.2. The average Bonchev–Trinajstić information content (AvgIpc) is 2.62. The van der Waals surface area contributed by atoms with Crippen molar-refractivity contribution in [2.24, 2.45) is 11.3 Å². The van der Waals surface area contributed by atoms with Gasteiger partial charge >= 0.3 is 12.4 Å². The highest BCUT2D eigenvalue weighted by Crippen LogP contribution is 2.61. The molecule has 0 N–H and O–H groups in total. The minimum Gasteiger partial charge on any atom is -0.198 e. The predicted molar refractivity (Wildman–Crippen MR) is 32.9 cm³/mol. The van der Waals surface area contributed by atoms with Gasteiger partial charge in [0.25, 0.3) is 0 Å². The first-order valence-electron chi connectivity index (χ1n) is 3.68. The van der Waals surface area contributed by atoms with Crippen LogP contribution in [-0.4, -0.2) is 12.4 Å². The molecule has 0 atom stereocenters. The summed E-state index contributed by atoms with van der Waals surface area (Å²) in [5, 5.41) is 8.30. The van der Waals surface area contributed by atoms with Crippen molar-refractivity contribution in [1.29, 1.82) is 5.26 Å². The SMILES string of the molecule is N#CC1(C(C(F)(F)F)C(F)(F)F)CC1. The Labute approximate surface area is 75.3 Å². The summed E-state index contributed by atoms with van der Waals surface area (Å²) in [6.07, 6.45) is -11.5. The zero-order valence-corrected chi connectivity index (χ0v) is 6.71. The maximum atomic E-state index is 12.1. The highest BCUT2D eigenvalue weighted by Gasteiger charge is 2.71. The Bertz CT molecular complexity index is 251. The molecule has 0 aromatic carbocycles. The van der Waals surface area contributed by atoms with Crippen molar-refractivity contribution in [2.45, 2.75) is 25.2 Å². The van der Waals surface area contributed by atoms with E-state index in [9.17, 15) is 26.3 Å². The second-order valence-electron chi connectivity index (χ2n) is 3.28. The Morgan fingerprint density at radius 2 is 1.36 bits per heavy atom. The van der Waals surface area contributed by atoms with Crippen molar-refractivity contribution < 1.29 is 26.3 Å². The maximum Gasteiger partial charge on any atom is 0.402 e. The standard InChI is InChI=1S/C7H5F6N/c8-6(9,10)4(7(11,12)13)5(3-14)1-2-5/h4H,1-2H2. The number of halogens is 6. The van der Waals surface area contributed by atoms with Gasteiger partial charge in [-0.25, -0.2) is 0 Å². The van der Waals surface area contributed by atoms with E-state index in [1.54, 1.807) is 0 Å². The number of rotatable bonds is 1. The van der Waals surface area contributed by atoms with E-state index in [2.05, 4.69) is 0 Å². The summed E-state index contributed by atoms with van der Waals surface area (Å²) in [7, 11) is 0. The summed E-state index contributed by atoms with van der Waals surface area (Å²) in [4.78, 5) is 0. The molecule has 1 aliphatic carbocycles. The van der Waals surface area contributed by atoms with Gasteiger partial charge in [-0.05, 0) is 12.8 Å². The Hall–Kier alpha value is -0.930. The summed E-state index contributed by atoms with van der Waals surface area (Å²) in [5.74, 6) is -3.51. The van der Waals surface area contributed by atoms with Crippen LogP contribution in [0.4, 0.5) is 26.3 Å². The van der Waals surface area contributed by atoms with Gasteiger partial charge in [-0.15, -0.1) is 0 Å². The van der Waals surface area contributed by atoms with E-state index in [1.165, 1.54) is 0 Å². The van der Waals surface area contributed by atoms with E-state index in [4.69, 9.17) is 5.26 Å². The largest absolute Gasteiger partial charge is 0.402 e. The molecule has 7 heteroatoms. The lowest BCUT2D eigenvalue weighted by Crippen LogP contribution is -2.42. The molecule has 1 fully saturated rings. The smallest absolute Gasteiger partial charge is 0.198 e. The van der Waals surface area contributed by atoms with Crippen LogP contribution in [0.3, 0.4) is 0 Å². The molecular formula is C7H5F6N. The number of nitrogens with zero attached hydrogens (tertiary/aromatic N) is 1. The summed E-state index contributed by atoms with van der Waals surface area (Å²) < 4.78 is 72.4. The van der Waals surface area contributed by atoms with E-state index in [1.807, 2.05) is 0 Å². The van der Waals surface area contributed by atoms with Gasteiger partial charge in [0, 0.05) is 0 Å². The lowest BCUT2D eigenvalue weighted by molar-refractivity contribution is -0.297. The normalized spacial score (nSPS) is 20.7. The number of alkyl halides is 6. The highest BCUT2D eigenvalue weighted by atomic mass is 19.4. The molecule has 0 aromatic rings. The fraction of sp³-hybridized carbons (Fsp3) is 0.857. The van der Waals surface area contributed by atoms with Crippen molar-refractivity contribution in [1.82, 2.24) is 0 Å². The molecule has 1 nitrogen and oxygen atoms in total. The van der Waals surface area contributed by atoms with E-state index in [0.717, 1.165) is 6.07 Å². The average molecular weight is 217 g/mol. The van der Waals surface area contributed by atoms with Crippen molar-refractivity contribution in [2.75, 3.05) is 0 Å². The molecule has 80 valence electrons. The van der Waals surface area contributed by atoms with E-state index in [0.29, 0.717) is 0 Å². The Balaban J connectivity index is 3.03. The molecule has 0 unspecified atom stereocenters. The summed E-state index contributed by atoms with van der Waals surface area (Å²) in [5.41, 5.74) is -2.27. The molecule has 0 aliphatic heterocycles. The van der Waals surface area contributed by atoms with Crippen LogP contribution in [0.15, 0.2) is 0 Å². The second-order valence-corrected chi connectivity index (χ2v) is 3.28. The third-order valence-electron chi connectivity index (χ3n) is 2.22. The van der Waals surface area contributed by atoms with E-state index in [-0.39, 0.29) is 12.8 Å². The van der Waals surface area contributed by atoms with Crippen LogP contribution in [0.25, 0.3) is 0 Å². The van der Waals surface area contributed by atoms with Crippen LogP contribution < -0.4 is 0 Å². The second kappa shape index (κ2) is 2.78. The number of hydrogen-bond donors (Lipinski definition) is 0. The molecule has 14 heavy (non-hydrogen) atoms. The fourth-order valence-corrected chi connectivity index (χ4v) is 1.41. The van der Waals surface area contributed by atoms with Gasteiger partial charge in [0.1, 0.15) is 0 Å². The molecule has 1 saturated carbocycles. The molecule has 0 spiro atoms. The lowest BCUT2D eigenvalue weighted by Gasteiger charge is -2.26. The van der Waals surface area contributed by atoms with Crippen LogP contribution in [0, 0.1) is 22.7 Å². The first-order chi connectivity index (χ1) is 6.13. The molecular weight excluding hydrogens is 212 g/mol. The monoisotopic (exact) mass is 217 g/mol. The van der Waals surface area contributed by atoms with Gasteiger partial charge in [-0.1, -0.05) is 0 Å². The molecule has 0 aromatic heterocycles. The quantitative estimate of drug-likeness (QED) is 0.619. The van der Waals surface area contributed by atoms with E-state index >= 15 is 0 Å². The van der Waals surface area contributed by atoms with Crippen molar-refractivity contribution in [3.8, 4) is 6.07 Å². The Kier molecular flexibility index (Phi) is 2.21. The van der Waals surface area contributed by atoms with Gasteiger partial charge in [0.15, 0.2) is 5.92 Å². The third kappa shape index (κ3) is 1.79. The van der Waals surface area contributed by atoms with Gasteiger partial charge in [0.05, 0.1) is 11.5 Å². The van der Waals surface area contributed by atoms with Crippen molar-refractivity contribution in [3.05, 3.63) is 0 Å². The summed E-state index contributed by atoms with van der Waals surface area (Å²) in [6, 6.07) is 1.13. The molecule has 0 amide bonds. The maximum absolute atomic E-state index is 12.1. The predicted octanol–water partition coefficient (Wildman–Crippen LogP) is 3.03. The van der Waals surface area contributed by atoms with Crippen LogP contribution in [0.5, 0.6) is 0 Å². The lowest BCUT2D eigenvalue weighted by atomic mass is 9.89. The fourth-order valence-electron chi connectivity index (χ4n) is 1.41. The minimum atomic E-state index is -5.40. The van der Waals surface area contributed by atoms with Crippen molar-refractivity contribution in [3.63, 3.8) is 0 Å². The Morgan fingerprint density at radius 3 is 1.43 bits per heavy atom. The minimum absolute atomic E-state index is 0.340. The van der Waals surface area contributed by atoms with Crippen LogP contribution in [0.1, 0.15) is 12.8 Å². The molecule has 0 saturated heterocycles. The first-order valence-corrected chi connectivity index (χ1v) is 3.68. The van der Waals surface area contributed by atoms with Gasteiger partial charge in [0.2, 0.25) is 0 Å². The molecule has 1 aliphatic rings. The molecule has 0 bridgehead atoms. The molecule has 0 radical (unpaired) electrons. The van der Waals surface area contributed by atoms with Crippen molar-refractivity contribution >= 4 is 0 Å². The molecule has 1 rings (SSSR count). The van der Waals surface area contributed by atoms with E-state index < -0.39 is 23.7 Å². The Morgan fingerprint density at radius 1 is 1.00 bits per heavy atom. The summed E-state index contributed by atoms with van der Waals surface area (Å²) in [6.45, 7) is 0. The van der Waals surface area contributed by atoms with Crippen LogP contribution in [-0.2, 0) is 0 Å². The van der Waals surface area contributed by atoms with Gasteiger partial charge in [-0.2, -0.15) is 31.6 Å². The molecule has 0 heterocycles. The topological polar surface area (TPSA) is 23.8 Å². The zero-order valence-electron chi connectivity index (χ0n) is 6.71. The first kappa shape index (κ1) is 11.1. The number of nitriles is 1. The third-order valence-corrected chi connectivity index (χ3v) is 2.22. The van der Waals surface area contributed by atoms with Gasteiger partial charge < -0.3 is 0 Å². The number of hydrogen-bond acceptors (Lipinski definition) is 1. The van der Waals surface area contributed by atoms with Crippen LogP contribution >= 0.6 is 0 Å². The highest BCUT2D eigenvalue weighted by molar-refractivity contribution is 5.16.